The average Bonchev–Trinajstić information content (AvgIpc) is 3.17. The fourth-order valence-electron chi connectivity index (χ4n) is 6.37. The SMILES string of the molecule is O=C1C=C(Br)C(=O)C2=C1[C@@H](c1ccc(O)c(F)c1)C1=CC[C@@H]3C(=O)N(c4cccc(B(O)O)c4)C(=O)[C@@H]3[C@@H]1C2. The molecule has 1 heterocycles. The summed E-state index contributed by atoms with van der Waals surface area (Å²) in [5, 5.41) is 28.9. The van der Waals surface area contributed by atoms with E-state index < -0.39 is 65.7 Å². The van der Waals surface area contributed by atoms with Crippen LogP contribution >= 0.6 is 15.9 Å². The van der Waals surface area contributed by atoms with Gasteiger partial charge in [0.05, 0.1) is 22.0 Å². The van der Waals surface area contributed by atoms with Crippen LogP contribution < -0.4 is 10.4 Å². The molecule has 2 amide bonds. The van der Waals surface area contributed by atoms with E-state index in [-0.39, 0.29) is 39.6 Å². The lowest BCUT2D eigenvalue weighted by Crippen LogP contribution is -2.39. The first kappa shape index (κ1) is 25.6. The van der Waals surface area contributed by atoms with Crippen LogP contribution in [0.15, 0.2) is 75.8 Å². The summed E-state index contributed by atoms with van der Waals surface area (Å²) in [5.74, 6) is -6.22. The van der Waals surface area contributed by atoms with Gasteiger partial charge in [-0.15, -0.1) is 0 Å². The van der Waals surface area contributed by atoms with Crippen molar-refractivity contribution in [3.05, 3.63) is 87.2 Å². The number of carbonyl (C=O) groups excluding carboxylic acids is 4. The smallest absolute Gasteiger partial charge is 0.488 e. The van der Waals surface area contributed by atoms with E-state index in [2.05, 4.69) is 15.9 Å². The van der Waals surface area contributed by atoms with Gasteiger partial charge in [0.25, 0.3) is 0 Å². The Morgan fingerprint density at radius 3 is 2.49 bits per heavy atom. The first-order valence-corrected chi connectivity index (χ1v) is 13.1. The number of Topliss-reactive ketones (excluding diaryl/α,β-unsaturated/α-hetero) is 1. The largest absolute Gasteiger partial charge is 0.505 e. The van der Waals surface area contributed by atoms with Crippen molar-refractivity contribution in [1.29, 1.82) is 0 Å². The van der Waals surface area contributed by atoms with Crippen molar-refractivity contribution >= 4 is 57.6 Å². The molecule has 4 atom stereocenters. The van der Waals surface area contributed by atoms with E-state index in [1.807, 2.05) is 0 Å². The van der Waals surface area contributed by atoms with Gasteiger partial charge in [-0.25, -0.2) is 4.39 Å². The third-order valence-electron chi connectivity index (χ3n) is 8.06. The predicted octanol–water partition coefficient (Wildman–Crippen LogP) is 2.18. The number of nitrogens with zero attached hydrogens (tertiary/aromatic N) is 1. The number of fused-ring (bicyclic) bond motifs is 3. The van der Waals surface area contributed by atoms with E-state index in [4.69, 9.17) is 0 Å². The molecule has 1 saturated heterocycles. The predicted molar refractivity (Wildman–Crippen MR) is 141 cm³/mol. The Kier molecular flexibility index (Phi) is 6.05. The fourth-order valence-corrected chi connectivity index (χ4v) is 6.81. The monoisotopic (exact) mass is 591 g/mol. The first-order chi connectivity index (χ1) is 18.6. The van der Waals surface area contributed by atoms with Crippen LogP contribution in [0.25, 0.3) is 0 Å². The number of ketones is 2. The van der Waals surface area contributed by atoms with Crippen molar-refractivity contribution in [2.75, 3.05) is 4.90 Å². The Balaban J connectivity index is 1.47. The molecule has 2 aromatic rings. The Morgan fingerprint density at radius 2 is 1.77 bits per heavy atom. The minimum Gasteiger partial charge on any atom is -0.505 e. The zero-order valence-corrected chi connectivity index (χ0v) is 21.8. The second-order valence-electron chi connectivity index (χ2n) is 10.1. The van der Waals surface area contributed by atoms with Gasteiger partial charge in [-0.2, -0.15) is 0 Å². The van der Waals surface area contributed by atoms with E-state index >= 15 is 0 Å². The molecular weight excluding hydrogens is 572 g/mol. The molecule has 0 spiro atoms. The van der Waals surface area contributed by atoms with Gasteiger partial charge in [-0.3, -0.25) is 24.1 Å². The van der Waals surface area contributed by atoms with Gasteiger partial charge in [-0.1, -0.05) is 29.8 Å². The molecule has 0 aromatic heterocycles. The van der Waals surface area contributed by atoms with Crippen LogP contribution in [0.4, 0.5) is 10.1 Å². The third-order valence-corrected chi connectivity index (χ3v) is 8.65. The van der Waals surface area contributed by atoms with E-state index in [1.54, 1.807) is 6.08 Å². The van der Waals surface area contributed by atoms with Gasteiger partial charge < -0.3 is 15.2 Å². The molecule has 0 bridgehead atoms. The second kappa shape index (κ2) is 9.22. The average molecular weight is 592 g/mol. The molecule has 1 fully saturated rings. The highest BCUT2D eigenvalue weighted by Gasteiger charge is 2.56. The molecule has 39 heavy (non-hydrogen) atoms. The van der Waals surface area contributed by atoms with Gasteiger partial charge in [0, 0.05) is 23.1 Å². The highest BCUT2D eigenvalue weighted by molar-refractivity contribution is 9.12. The molecule has 0 saturated carbocycles. The molecule has 0 unspecified atom stereocenters. The summed E-state index contributed by atoms with van der Waals surface area (Å²) in [5.41, 5.74) is 1.72. The van der Waals surface area contributed by atoms with E-state index in [0.29, 0.717) is 11.1 Å². The summed E-state index contributed by atoms with van der Waals surface area (Å²) in [6, 6.07) is 9.64. The maximum Gasteiger partial charge on any atom is 0.488 e. The number of allylic oxidation sites excluding steroid dienone is 6. The number of hydrogen-bond acceptors (Lipinski definition) is 7. The zero-order valence-electron chi connectivity index (χ0n) is 20.2. The Bertz CT molecular complexity index is 1600. The van der Waals surface area contributed by atoms with Crippen molar-refractivity contribution in [3.63, 3.8) is 0 Å². The zero-order chi connectivity index (χ0) is 27.7. The summed E-state index contributed by atoms with van der Waals surface area (Å²) < 4.78 is 14.6. The van der Waals surface area contributed by atoms with Crippen molar-refractivity contribution in [2.24, 2.45) is 17.8 Å². The second-order valence-corrected chi connectivity index (χ2v) is 10.9. The first-order valence-electron chi connectivity index (χ1n) is 12.3. The maximum absolute atomic E-state index is 14.5. The molecule has 2 aromatic carbocycles. The summed E-state index contributed by atoms with van der Waals surface area (Å²) >= 11 is 3.16. The van der Waals surface area contributed by atoms with Crippen LogP contribution in [0.2, 0.25) is 0 Å². The van der Waals surface area contributed by atoms with Crippen LogP contribution in [0, 0.1) is 23.6 Å². The quantitative estimate of drug-likeness (QED) is 0.216. The number of carbonyl (C=O) groups is 4. The molecule has 6 rings (SSSR count). The maximum atomic E-state index is 14.5. The number of imide groups is 1. The number of halogens is 2. The molecule has 3 N–H and O–H groups in total. The molecule has 11 heteroatoms. The number of amides is 2. The molecule has 1 aliphatic heterocycles. The van der Waals surface area contributed by atoms with Crippen LogP contribution in [0.1, 0.15) is 24.3 Å². The number of rotatable bonds is 3. The van der Waals surface area contributed by atoms with Crippen molar-refractivity contribution in [3.8, 4) is 5.75 Å². The molecule has 8 nitrogen and oxygen atoms in total. The number of benzene rings is 2. The highest BCUT2D eigenvalue weighted by atomic mass is 79.9. The lowest BCUT2D eigenvalue weighted by atomic mass is 9.59. The number of hydrogen-bond donors (Lipinski definition) is 3. The van der Waals surface area contributed by atoms with Gasteiger partial charge in [0.1, 0.15) is 0 Å². The van der Waals surface area contributed by atoms with Crippen LogP contribution in [0.3, 0.4) is 0 Å². The number of phenolic OH excluding ortho intramolecular Hbond substituents is 1. The Morgan fingerprint density at radius 1 is 1.00 bits per heavy atom. The van der Waals surface area contributed by atoms with Crippen molar-refractivity contribution < 1.29 is 38.7 Å². The van der Waals surface area contributed by atoms with E-state index in [9.17, 15) is 38.7 Å². The number of aromatic hydroxyl groups is 1. The Labute approximate surface area is 230 Å². The molecule has 3 aliphatic carbocycles. The van der Waals surface area contributed by atoms with Gasteiger partial charge in [-0.05, 0) is 70.0 Å². The van der Waals surface area contributed by atoms with E-state index in [0.717, 1.165) is 11.0 Å². The number of anilines is 1. The molecule has 196 valence electrons. The standard InChI is InChI=1S/C28H20BBrFNO7/c30-19-11-22(34)25-18(26(19)35)10-17-15(23(25)12-4-7-21(33)20(31)8-12)5-6-16-24(17)28(37)32(27(16)36)14-3-1-2-13(9-14)29(38)39/h1-5,7-9,11,16-17,23-24,33,38-39H,6,10H2/t16-,17+,23-,24-/m0/s1. The fraction of sp³-hybridized carbons (Fsp3) is 0.214. The lowest BCUT2D eigenvalue weighted by molar-refractivity contribution is -0.123. The summed E-state index contributed by atoms with van der Waals surface area (Å²) in [7, 11) is -1.79. The topological polar surface area (TPSA) is 132 Å². The van der Waals surface area contributed by atoms with Gasteiger partial charge >= 0.3 is 7.12 Å². The highest BCUT2D eigenvalue weighted by Crippen LogP contribution is 2.55. The summed E-state index contributed by atoms with van der Waals surface area (Å²) in [4.78, 5) is 54.9. The van der Waals surface area contributed by atoms with Crippen molar-refractivity contribution in [1.82, 2.24) is 0 Å². The van der Waals surface area contributed by atoms with E-state index in [1.165, 1.54) is 42.5 Å². The van der Waals surface area contributed by atoms with Crippen LogP contribution in [-0.4, -0.2) is 45.7 Å². The minimum atomic E-state index is -1.79. The van der Waals surface area contributed by atoms with Gasteiger partial charge in [0.2, 0.25) is 11.8 Å². The van der Waals surface area contributed by atoms with Crippen LogP contribution in [0.5, 0.6) is 5.75 Å². The summed E-state index contributed by atoms with van der Waals surface area (Å²) in [6.45, 7) is 0. The molecule has 0 radical (unpaired) electrons. The van der Waals surface area contributed by atoms with Gasteiger partial charge in [0.15, 0.2) is 23.1 Å². The summed E-state index contributed by atoms with van der Waals surface area (Å²) in [6.07, 6.45) is 3.24. The minimum absolute atomic E-state index is 0.0508. The Hall–Kier alpha value is -3.67. The van der Waals surface area contributed by atoms with Crippen LogP contribution in [-0.2, 0) is 19.2 Å². The lowest BCUT2D eigenvalue weighted by Gasteiger charge is -2.42. The number of phenols is 1. The molecule has 4 aliphatic rings. The molecular formula is C28H20BBrFNO7. The third kappa shape index (κ3) is 3.87. The van der Waals surface area contributed by atoms with Crippen molar-refractivity contribution in [2.45, 2.75) is 18.8 Å². The normalized spacial score (nSPS) is 26.2.